The minimum absolute atomic E-state index is 0.743. The van der Waals surface area contributed by atoms with Crippen molar-refractivity contribution in [2.75, 3.05) is 0 Å². The molecule has 1 aromatic heterocycles. The van der Waals surface area contributed by atoms with Crippen LogP contribution in [0.25, 0.3) is 29.5 Å². The van der Waals surface area contributed by atoms with Crippen molar-refractivity contribution >= 4 is 29.5 Å². The van der Waals surface area contributed by atoms with Gasteiger partial charge in [0.15, 0.2) is 0 Å². The van der Waals surface area contributed by atoms with Crippen LogP contribution in [-0.2, 0) is 0 Å². The van der Waals surface area contributed by atoms with Gasteiger partial charge < -0.3 is 0 Å². The molecule has 0 aliphatic heterocycles. The third kappa shape index (κ3) is 4.50. The maximum Gasteiger partial charge on any atom is 0.0995 e. The van der Waals surface area contributed by atoms with Crippen molar-refractivity contribution in [1.29, 1.82) is 0 Å². The van der Waals surface area contributed by atoms with Crippen LogP contribution in [0.1, 0.15) is 19.5 Å². The highest BCUT2D eigenvalue weighted by molar-refractivity contribution is 5.82. The van der Waals surface area contributed by atoms with E-state index in [2.05, 4.69) is 35.5 Å². The lowest BCUT2D eigenvalue weighted by molar-refractivity contribution is 1.02. The van der Waals surface area contributed by atoms with Crippen LogP contribution in [0.4, 0.5) is 0 Å². The van der Waals surface area contributed by atoms with Gasteiger partial charge in [0.1, 0.15) is 0 Å². The van der Waals surface area contributed by atoms with Crippen molar-refractivity contribution in [3.05, 3.63) is 89.1 Å². The molecule has 0 bridgehead atoms. The number of nitrogens with zero attached hydrogens (tertiary/aromatic N) is 2. The predicted molar refractivity (Wildman–Crippen MR) is 105 cm³/mol. The van der Waals surface area contributed by atoms with Gasteiger partial charge in [-0.15, -0.1) is 5.10 Å². The average Bonchev–Trinajstić information content (AvgIpc) is 2.57. The van der Waals surface area contributed by atoms with Crippen LogP contribution in [0.5, 0.6) is 0 Å². The molecule has 0 N–H and O–H groups in total. The second-order valence-corrected chi connectivity index (χ2v) is 5.36. The summed E-state index contributed by atoms with van der Waals surface area (Å²) in [5, 5.41) is 12.3. The molecule has 2 rings (SSSR count). The Morgan fingerprint density at radius 1 is 1.00 bits per heavy atom. The zero-order chi connectivity index (χ0) is 17.4. The Morgan fingerprint density at radius 2 is 1.71 bits per heavy atom. The molecule has 0 amide bonds. The van der Waals surface area contributed by atoms with Gasteiger partial charge in [0.05, 0.1) is 11.9 Å². The van der Waals surface area contributed by atoms with Gasteiger partial charge in [0.2, 0.25) is 0 Å². The first kappa shape index (κ1) is 17.4. The van der Waals surface area contributed by atoms with Gasteiger partial charge in [0.25, 0.3) is 0 Å². The van der Waals surface area contributed by atoms with Crippen LogP contribution in [-0.4, -0.2) is 10.2 Å². The molecule has 0 saturated carbocycles. The van der Waals surface area contributed by atoms with E-state index in [0.717, 1.165) is 32.5 Å². The number of allylic oxidation sites excluding steroid dienone is 6. The lowest BCUT2D eigenvalue weighted by Crippen LogP contribution is -2.08. The summed E-state index contributed by atoms with van der Waals surface area (Å²) in [6.07, 6.45) is 11.6. The first-order chi connectivity index (χ1) is 11.7. The third-order valence-electron chi connectivity index (χ3n) is 3.44. The summed E-state index contributed by atoms with van der Waals surface area (Å²) in [6, 6.07) is 12.2. The summed E-state index contributed by atoms with van der Waals surface area (Å²) in [4.78, 5) is 0. The second kappa shape index (κ2) is 8.59. The topological polar surface area (TPSA) is 25.8 Å². The SMILES string of the molecule is C=c1cnnc(C(/C=C\C)=C/C=C\C)c(=C)cc2ccccc2c1. The standard InChI is InChI=1S/C22H22N2/c1-5-7-11-19(10-6-2)22-18(4)15-21-13-9-8-12-20(21)14-17(3)16-23-24-22/h5-16H,3-4H2,1-2H3/b7-5-,10-6-,19-11+,20-14?,21-15?,23-16?,24-22?. The average molecular weight is 314 g/mol. The molecule has 120 valence electrons. The lowest BCUT2D eigenvalue weighted by Gasteiger charge is -2.00. The van der Waals surface area contributed by atoms with Gasteiger partial charge in [-0.25, -0.2) is 0 Å². The van der Waals surface area contributed by atoms with E-state index in [1.807, 2.05) is 68.5 Å². The van der Waals surface area contributed by atoms with Crippen LogP contribution in [0.15, 0.2) is 73.0 Å². The molecule has 0 radical (unpaired) electrons. The molecular formula is C22H22N2. The second-order valence-electron chi connectivity index (χ2n) is 5.36. The summed E-state index contributed by atoms with van der Waals surface area (Å²) >= 11 is 0. The minimum Gasteiger partial charge on any atom is -0.158 e. The highest BCUT2D eigenvalue weighted by Crippen LogP contribution is 2.11. The predicted octanol–water partition coefficient (Wildman–Crippen LogP) is 4.11. The molecule has 2 aromatic rings. The fraction of sp³-hybridized carbons (Fsp3) is 0.0909. The largest absolute Gasteiger partial charge is 0.158 e. The highest BCUT2D eigenvalue weighted by Gasteiger charge is 1.99. The number of rotatable bonds is 3. The van der Waals surface area contributed by atoms with Crippen molar-refractivity contribution in [3.8, 4) is 0 Å². The molecule has 0 fully saturated rings. The molecule has 0 spiro atoms. The third-order valence-corrected chi connectivity index (χ3v) is 3.44. The number of aromatic nitrogens is 2. The van der Waals surface area contributed by atoms with Crippen molar-refractivity contribution in [2.45, 2.75) is 13.8 Å². The molecule has 0 aliphatic carbocycles. The van der Waals surface area contributed by atoms with E-state index in [1.165, 1.54) is 0 Å². The van der Waals surface area contributed by atoms with Crippen LogP contribution >= 0.6 is 0 Å². The van der Waals surface area contributed by atoms with Gasteiger partial charge in [-0.1, -0.05) is 67.8 Å². The molecule has 0 aliphatic rings. The van der Waals surface area contributed by atoms with E-state index < -0.39 is 0 Å². The van der Waals surface area contributed by atoms with Crippen LogP contribution < -0.4 is 10.4 Å². The number of fused-ring (bicyclic) bond motifs is 1. The molecule has 2 nitrogen and oxygen atoms in total. The first-order valence-electron chi connectivity index (χ1n) is 7.89. The van der Waals surface area contributed by atoms with E-state index >= 15 is 0 Å². The van der Waals surface area contributed by atoms with Gasteiger partial charge in [-0.05, 0) is 47.2 Å². The van der Waals surface area contributed by atoms with Gasteiger partial charge >= 0.3 is 0 Å². The maximum absolute atomic E-state index is 4.38. The van der Waals surface area contributed by atoms with Crippen molar-refractivity contribution in [3.63, 3.8) is 0 Å². The van der Waals surface area contributed by atoms with Crippen LogP contribution in [0, 0.1) is 0 Å². The Balaban J connectivity index is 2.91. The molecule has 1 heterocycles. The molecule has 0 unspecified atom stereocenters. The van der Waals surface area contributed by atoms with E-state index in [9.17, 15) is 0 Å². The Kier molecular flexibility index (Phi) is 6.21. The number of benzene rings is 1. The molecule has 0 saturated heterocycles. The van der Waals surface area contributed by atoms with E-state index in [-0.39, 0.29) is 0 Å². The zero-order valence-electron chi connectivity index (χ0n) is 14.2. The van der Waals surface area contributed by atoms with Gasteiger partial charge in [-0.2, -0.15) is 5.10 Å². The first-order valence-corrected chi connectivity index (χ1v) is 7.89. The summed E-state index contributed by atoms with van der Waals surface area (Å²) in [6.45, 7) is 12.2. The molecular weight excluding hydrogens is 292 g/mol. The molecule has 2 heteroatoms. The lowest BCUT2D eigenvalue weighted by atomic mass is 10.1. The fourth-order valence-corrected chi connectivity index (χ4v) is 2.33. The molecule has 24 heavy (non-hydrogen) atoms. The summed E-state index contributed by atoms with van der Waals surface area (Å²) in [7, 11) is 0. The van der Waals surface area contributed by atoms with E-state index in [1.54, 1.807) is 6.20 Å². The Morgan fingerprint density at radius 3 is 2.38 bits per heavy atom. The maximum atomic E-state index is 4.38. The van der Waals surface area contributed by atoms with Crippen LogP contribution in [0.2, 0.25) is 0 Å². The summed E-state index contributed by atoms with van der Waals surface area (Å²) in [5.41, 5.74) is 1.70. The van der Waals surface area contributed by atoms with Gasteiger partial charge in [0, 0.05) is 5.57 Å². The minimum atomic E-state index is 0.743. The van der Waals surface area contributed by atoms with E-state index in [4.69, 9.17) is 0 Å². The van der Waals surface area contributed by atoms with E-state index in [0.29, 0.717) is 0 Å². The number of hydrogen-bond donors (Lipinski definition) is 0. The Labute approximate surface area is 143 Å². The highest BCUT2D eigenvalue weighted by atomic mass is 15.1. The zero-order valence-corrected chi connectivity index (χ0v) is 14.2. The quantitative estimate of drug-likeness (QED) is 0.797. The molecule has 1 aromatic carbocycles. The summed E-state index contributed by atoms with van der Waals surface area (Å²) in [5.74, 6) is 0. The van der Waals surface area contributed by atoms with Crippen molar-refractivity contribution in [1.82, 2.24) is 10.2 Å². The number of hydrogen-bond acceptors (Lipinski definition) is 2. The summed E-state index contributed by atoms with van der Waals surface area (Å²) < 4.78 is 0. The normalized spacial score (nSPS) is 12.0. The Bertz CT molecular complexity index is 965. The van der Waals surface area contributed by atoms with Gasteiger partial charge in [-0.3, -0.25) is 0 Å². The molecule has 0 atom stereocenters. The monoisotopic (exact) mass is 314 g/mol. The van der Waals surface area contributed by atoms with Crippen LogP contribution in [0.3, 0.4) is 0 Å². The Hall–Kier alpha value is -3.00. The smallest absolute Gasteiger partial charge is 0.0995 e. The van der Waals surface area contributed by atoms with Crippen molar-refractivity contribution in [2.24, 2.45) is 0 Å². The van der Waals surface area contributed by atoms with Crippen molar-refractivity contribution < 1.29 is 0 Å². The fourth-order valence-electron chi connectivity index (χ4n) is 2.33.